The molecule has 0 atom stereocenters. The van der Waals surface area contributed by atoms with Gasteiger partial charge in [0.2, 0.25) is 0 Å². The Balaban J connectivity index is 1.96. The number of hydrogen-bond acceptors (Lipinski definition) is 3. The zero-order valence-electron chi connectivity index (χ0n) is 12.6. The minimum absolute atomic E-state index is 0.0978. The third kappa shape index (κ3) is 3.29. The van der Waals surface area contributed by atoms with Gasteiger partial charge in [-0.15, -0.1) is 0 Å². The fourth-order valence-electron chi connectivity index (χ4n) is 2.27. The Hall–Kier alpha value is -2.31. The first-order chi connectivity index (χ1) is 11.4. The van der Waals surface area contributed by atoms with Crippen molar-refractivity contribution in [2.45, 2.75) is 4.90 Å². The molecule has 0 bridgehead atoms. The highest BCUT2D eigenvalue weighted by Gasteiger charge is 2.15. The van der Waals surface area contributed by atoms with Crippen LogP contribution in [-0.2, 0) is 10.0 Å². The minimum atomic E-state index is -3.81. The number of sulfonamides is 1. The van der Waals surface area contributed by atoms with Crippen molar-refractivity contribution in [3.63, 3.8) is 0 Å². The van der Waals surface area contributed by atoms with E-state index in [-0.39, 0.29) is 15.6 Å². The maximum absolute atomic E-state index is 13.2. The van der Waals surface area contributed by atoms with Gasteiger partial charge in [-0.1, -0.05) is 23.7 Å². The standard InChI is InChI=1S/C17H13ClFNO3S/c1-23-14-5-2-12-9-15(6-3-11(12)8-14)24(21,22)20-13-4-7-17(19)16(18)10-13/h2-10,20H,1H3. The Morgan fingerprint density at radius 2 is 1.71 bits per heavy atom. The molecule has 0 aliphatic rings. The number of anilines is 1. The average Bonchev–Trinajstić information content (AvgIpc) is 2.57. The molecule has 0 unspecified atom stereocenters. The molecule has 124 valence electrons. The highest BCUT2D eigenvalue weighted by Crippen LogP contribution is 2.26. The Bertz CT molecular complexity index is 1020. The SMILES string of the molecule is COc1ccc2cc(S(=O)(=O)Nc3ccc(F)c(Cl)c3)ccc2c1. The molecule has 0 aromatic heterocycles. The van der Waals surface area contributed by atoms with Crippen molar-refractivity contribution in [2.75, 3.05) is 11.8 Å². The summed E-state index contributed by atoms with van der Waals surface area (Å²) in [6.45, 7) is 0. The van der Waals surface area contributed by atoms with Gasteiger partial charge in [0.1, 0.15) is 11.6 Å². The second-order valence-corrected chi connectivity index (χ2v) is 7.20. The van der Waals surface area contributed by atoms with Crippen LogP contribution in [0.4, 0.5) is 10.1 Å². The molecule has 0 spiro atoms. The summed E-state index contributed by atoms with van der Waals surface area (Å²) in [5.74, 6) is 0.0800. The first-order valence-electron chi connectivity index (χ1n) is 6.95. The second-order valence-electron chi connectivity index (χ2n) is 5.11. The molecule has 7 heteroatoms. The van der Waals surface area contributed by atoms with Crippen LogP contribution in [0.15, 0.2) is 59.5 Å². The van der Waals surface area contributed by atoms with Crippen LogP contribution in [-0.4, -0.2) is 15.5 Å². The van der Waals surface area contributed by atoms with Crippen molar-refractivity contribution in [1.82, 2.24) is 0 Å². The monoisotopic (exact) mass is 365 g/mol. The molecular formula is C17H13ClFNO3S. The zero-order chi connectivity index (χ0) is 17.3. The predicted octanol–water partition coefficient (Wildman–Crippen LogP) is 4.44. The number of benzene rings is 3. The highest BCUT2D eigenvalue weighted by molar-refractivity contribution is 7.92. The van der Waals surface area contributed by atoms with Crippen molar-refractivity contribution in [1.29, 1.82) is 0 Å². The number of nitrogens with one attached hydrogen (secondary N) is 1. The summed E-state index contributed by atoms with van der Waals surface area (Å²) in [6.07, 6.45) is 0. The van der Waals surface area contributed by atoms with Crippen LogP contribution in [0, 0.1) is 5.82 Å². The maximum atomic E-state index is 13.2. The van der Waals surface area contributed by atoms with Crippen LogP contribution in [0.3, 0.4) is 0 Å². The lowest BCUT2D eigenvalue weighted by Gasteiger charge is -2.10. The number of hydrogen-bond donors (Lipinski definition) is 1. The third-order valence-electron chi connectivity index (χ3n) is 3.50. The first kappa shape index (κ1) is 16.5. The summed E-state index contributed by atoms with van der Waals surface area (Å²) in [7, 11) is -2.25. The molecule has 0 aliphatic heterocycles. The van der Waals surface area contributed by atoms with E-state index in [0.717, 1.165) is 16.8 Å². The van der Waals surface area contributed by atoms with E-state index in [1.165, 1.54) is 18.2 Å². The Kier molecular flexibility index (Phi) is 4.34. The second kappa shape index (κ2) is 6.30. The highest BCUT2D eigenvalue weighted by atomic mass is 35.5. The average molecular weight is 366 g/mol. The maximum Gasteiger partial charge on any atom is 0.261 e. The molecule has 24 heavy (non-hydrogen) atoms. The molecule has 3 aromatic carbocycles. The number of methoxy groups -OCH3 is 1. The van der Waals surface area contributed by atoms with Crippen LogP contribution >= 0.6 is 11.6 Å². The fraction of sp³-hybridized carbons (Fsp3) is 0.0588. The summed E-state index contributed by atoms with van der Waals surface area (Å²) >= 11 is 5.67. The van der Waals surface area contributed by atoms with Crippen molar-refractivity contribution in [3.05, 3.63) is 65.4 Å². The van der Waals surface area contributed by atoms with Crippen LogP contribution in [0.5, 0.6) is 5.75 Å². The van der Waals surface area contributed by atoms with Gasteiger partial charge in [0.05, 0.1) is 22.7 Å². The summed E-state index contributed by atoms with van der Waals surface area (Å²) in [5, 5.41) is 1.47. The van der Waals surface area contributed by atoms with Crippen molar-refractivity contribution in [3.8, 4) is 5.75 Å². The quantitative estimate of drug-likeness (QED) is 0.743. The van der Waals surface area contributed by atoms with E-state index in [2.05, 4.69) is 4.72 Å². The van der Waals surface area contributed by atoms with Gasteiger partial charge in [0, 0.05) is 0 Å². The van der Waals surface area contributed by atoms with E-state index >= 15 is 0 Å². The van der Waals surface area contributed by atoms with Gasteiger partial charge >= 0.3 is 0 Å². The van der Waals surface area contributed by atoms with Crippen LogP contribution in [0.2, 0.25) is 5.02 Å². The van der Waals surface area contributed by atoms with Crippen molar-refractivity contribution in [2.24, 2.45) is 0 Å². The summed E-state index contributed by atoms with van der Waals surface area (Å²) in [5.41, 5.74) is 0.191. The van der Waals surface area contributed by atoms with Gasteiger partial charge in [-0.05, 0) is 53.2 Å². The molecule has 0 radical (unpaired) electrons. The van der Waals surface area contributed by atoms with E-state index in [4.69, 9.17) is 16.3 Å². The third-order valence-corrected chi connectivity index (χ3v) is 5.17. The predicted molar refractivity (Wildman–Crippen MR) is 92.7 cm³/mol. The lowest BCUT2D eigenvalue weighted by Crippen LogP contribution is -2.13. The molecular weight excluding hydrogens is 353 g/mol. The van der Waals surface area contributed by atoms with Crippen molar-refractivity contribution < 1.29 is 17.5 Å². The Labute approximate surface area is 143 Å². The first-order valence-corrected chi connectivity index (χ1v) is 8.81. The van der Waals surface area contributed by atoms with Gasteiger partial charge < -0.3 is 4.74 Å². The summed E-state index contributed by atoms with van der Waals surface area (Å²) < 4.78 is 45.7. The largest absolute Gasteiger partial charge is 0.497 e. The lowest BCUT2D eigenvalue weighted by molar-refractivity contribution is 0.415. The number of ether oxygens (including phenoxy) is 1. The molecule has 0 heterocycles. The Morgan fingerprint density at radius 3 is 2.42 bits per heavy atom. The zero-order valence-corrected chi connectivity index (χ0v) is 14.2. The number of fused-ring (bicyclic) bond motifs is 1. The topological polar surface area (TPSA) is 55.4 Å². The van der Waals surface area contributed by atoms with Gasteiger partial charge in [-0.2, -0.15) is 0 Å². The van der Waals surface area contributed by atoms with Gasteiger partial charge in [0.25, 0.3) is 10.0 Å². The van der Waals surface area contributed by atoms with Crippen LogP contribution in [0.1, 0.15) is 0 Å². The number of halogens is 2. The number of rotatable bonds is 4. The molecule has 3 aromatic rings. The normalized spacial score (nSPS) is 11.5. The van der Waals surface area contributed by atoms with Gasteiger partial charge in [-0.25, -0.2) is 12.8 Å². The summed E-state index contributed by atoms with van der Waals surface area (Å²) in [6, 6.07) is 13.7. The fourth-order valence-corrected chi connectivity index (χ4v) is 3.53. The molecule has 0 fully saturated rings. The lowest BCUT2D eigenvalue weighted by atomic mass is 10.1. The smallest absolute Gasteiger partial charge is 0.261 e. The van der Waals surface area contributed by atoms with Gasteiger partial charge in [-0.3, -0.25) is 4.72 Å². The molecule has 0 saturated heterocycles. The van der Waals surface area contributed by atoms with E-state index in [1.54, 1.807) is 31.4 Å². The Morgan fingerprint density at radius 1 is 1.00 bits per heavy atom. The van der Waals surface area contributed by atoms with E-state index in [1.807, 2.05) is 6.07 Å². The van der Waals surface area contributed by atoms with Gasteiger partial charge in [0.15, 0.2) is 0 Å². The minimum Gasteiger partial charge on any atom is -0.497 e. The molecule has 0 amide bonds. The summed E-state index contributed by atoms with van der Waals surface area (Å²) in [4.78, 5) is 0.0978. The van der Waals surface area contributed by atoms with Crippen LogP contribution in [0.25, 0.3) is 10.8 Å². The van der Waals surface area contributed by atoms with Crippen molar-refractivity contribution >= 4 is 38.1 Å². The molecule has 0 saturated carbocycles. The van der Waals surface area contributed by atoms with E-state index < -0.39 is 15.8 Å². The molecule has 0 aliphatic carbocycles. The molecule has 3 rings (SSSR count). The molecule has 4 nitrogen and oxygen atoms in total. The molecule has 1 N–H and O–H groups in total. The van der Waals surface area contributed by atoms with Crippen LogP contribution < -0.4 is 9.46 Å². The van der Waals surface area contributed by atoms with E-state index in [0.29, 0.717) is 5.75 Å². The van der Waals surface area contributed by atoms with E-state index in [9.17, 15) is 12.8 Å².